The number of hydrogen-bond donors (Lipinski definition) is 0. The number of thiophene rings is 1. The van der Waals surface area contributed by atoms with E-state index in [2.05, 4.69) is 4.98 Å². The molecule has 4 heterocycles. The van der Waals surface area contributed by atoms with E-state index >= 15 is 0 Å². The minimum absolute atomic E-state index is 0.116. The third-order valence-corrected chi connectivity index (χ3v) is 7.81. The first kappa shape index (κ1) is 16.4. The van der Waals surface area contributed by atoms with E-state index in [1.807, 2.05) is 6.92 Å². The molecule has 25 heavy (non-hydrogen) atoms. The zero-order valence-electron chi connectivity index (χ0n) is 13.4. The highest BCUT2D eigenvalue weighted by Gasteiger charge is 2.45. The Hall–Kier alpha value is -2.10. The lowest BCUT2D eigenvalue weighted by molar-refractivity contribution is 0.0591. The Bertz CT molecular complexity index is 948. The fourth-order valence-electron chi connectivity index (χ4n) is 3.23. The molecule has 0 aliphatic carbocycles. The largest absolute Gasteiger partial charge is 0.280 e. The molecule has 1 atom stereocenters. The number of pyridine rings is 1. The minimum atomic E-state index is -3.60. The van der Waals surface area contributed by atoms with Crippen LogP contribution >= 0.6 is 11.3 Å². The molecule has 2 aromatic heterocycles. The number of aromatic nitrogens is 1. The topological polar surface area (TPSA) is 87.7 Å². The molecule has 0 aromatic carbocycles. The second kappa shape index (κ2) is 5.72. The van der Waals surface area contributed by atoms with E-state index in [1.165, 1.54) is 21.8 Å². The van der Waals surface area contributed by atoms with E-state index in [4.69, 9.17) is 0 Å². The summed E-state index contributed by atoms with van der Waals surface area (Å²) in [5, 5.41) is 0. The van der Waals surface area contributed by atoms with Gasteiger partial charge in [0.15, 0.2) is 0 Å². The fourth-order valence-corrected chi connectivity index (χ4v) is 6.16. The molecular formula is C16H15N3O4S2. The van der Waals surface area contributed by atoms with Gasteiger partial charge in [0, 0.05) is 24.2 Å². The van der Waals surface area contributed by atoms with Crippen LogP contribution in [0.1, 0.15) is 32.1 Å². The van der Waals surface area contributed by atoms with Crippen LogP contribution in [0.2, 0.25) is 0 Å². The van der Waals surface area contributed by atoms with Crippen LogP contribution in [0.4, 0.5) is 0 Å². The molecule has 2 aliphatic heterocycles. The highest BCUT2D eigenvalue weighted by atomic mass is 32.2. The molecule has 0 saturated carbocycles. The van der Waals surface area contributed by atoms with Gasteiger partial charge < -0.3 is 0 Å². The fraction of sp³-hybridized carbons (Fsp3) is 0.312. The number of carbonyl (C=O) groups is 2. The van der Waals surface area contributed by atoms with Gasteiger partial charge in [0.25, 0.3) is 21.8 Å². The van der Waals surface area contributed by atoms with E-state index in [9.17, 15) is 18.0 Å². The summed E-state index contributed by atoms with van der Waals surface area (Å²) in [6.45, 7) is 2.25. The molecule has 1 unspecified atom stereocenters. The molecule has 0 spiro atoms. The smallest absolute Gasteiger partial charge is 0.268 e. The number of rotatable bonds is 3. The Labute approximate surface area is 148 Å². The molecule has 9 heteroatoms. The average Bonchev–Trinajstić information content (AvgIpc) is 3.29. The van der Waals surface area contributed by atoms with Gasteiger partial charge in [-0.2, -0.15) is 4.31 Å². The van der Waals surface area contributed by atoms with Crippen LogP contribution in [-0.2, 0) is 10.0 Å². The maximum absolute atomic E-state index is 12.7. The predicted molar refractivity (Wildman–Crippen MR) is 91.0 cm³/mol. The normalized spacial score (nSPS) is 21.2. The second-order valence-electron chi connectivity index (χ2n) is 6.05. The van der Waals surface area contributed by atoms with Crippen molar-refractivity contribution in [3.05, 3.63) is 46.6 Å². The Kier molecular flexibility index (Phi) is 3.75. The van der Waals surface area contributed by atoms with Crippen molar-refractivity contribution in [1.82, 2.24) is 14.2 Å². The maximum Gasteiger partial charge on any atom is 0.280 e. The lowest BCUT2D eigenvalue weighted by Crippen LogP contribution is -2.42. The summed E-state index contributed by atoms with van der Waals surface area (Å²) in [5.74, 6) is -0.846. The zero-order chi connectivity index (χ0) is 17.8. The number of fused-ring (bicyclic) bond motifs is 1. The van der Waals surface area contributed by atoms with Crippen LogP contribution in [0.15, 0.2) is 34.7 Å². The van der Waals surface area contributed by atoms with Crippen molar-refractivity contribution in [2.45, 2.75) is 23.6 Å². The van der Waals surface area contributed by atoms with Gasteiger partial charge in [-0.1, -0.05) is 0 Å². The summed E-state index contributed by atoms with van der Waals surface area (Å²) >= 11 is 1.22. The number of sulfonamides is 1. The van der Waals surface area contributed by atoms with E-state index in [0.717, 1.165) is 9.78 Å². The van der Waals surface area contributed by atoms with Gasteiger partial charge in [-0.05, 0) is 37.6 Å². The molecule has 1 fully saturated rings. The third-order valence-electron chi connectivity index (χ3n) is 4.48. The zero-order valence-corrected chi connectivity index (χ0v) is 15.0. The van der Waals surface area contributed by atoms with Gasteiger partial charge >= 0.3 is 0 Å². The van der Waals surface area contributed by atoms with Crippen molar-refractivity contribution in [3.8, 4) is 0 Å². The van der Waals surface area contributed by atoms with Crippen LogP contribution < -0.4 is 0 Å². The molecule has 0 radical (unpaired) electrons. The number of imide groups is 1. The monoisotopic (exact) mass is 377 g/mol. The molecule has 2 amide bonds. The van der Waals surface area contributed by atoms with Crippen LogP contribution in [0.3, 0.4) is 0 Å². The van der Waals surface area contributed by atoms with Gasteiger partial charge in [0.1, 0.15) is 9.90 Å². The van der Waals surface area contributed by atoms with Crippen LogP contribution in [0.25, 0.3) is 0 Å². The van der Waals surface area contributed by atoms with E-state index in [1.54, 1.807) is 24.3 Å². The van der Waals surface area contributed by atoms with Crippen molar-refractivity contribution >= 4 is 33.2 Å². The number of hydrogen-bond acceptors (Lipinski definition) is 6. The molecule has 130 valence electrons. The molecule has 0 N–H and O–H groups in total. The Morgan fingerprint density at radius 3 is 2.68 bits per heavy atom. The van der Waals surface area contributed by atoms with E-state index in [-0.39, 0.29) is 28.6 Å². The van der Waals surface area contributed by atoms with Gasteiger partial charge in [-0.3, -0.25) is 19.5 Å². The predicted octanol–water partition coefficient (Wildman–Crippen LogP) is 1.51. The van der Waals surface area contributed by atoms with E-state index in [0.29, 0.717) is 6.42 Å². The highest BCUT2D eigenvalue weighted by molar-refractivity contribution is 7.91. The maximum atomic E-state index is 12.7. The standard InChI is InChI=1S/C16H15N3O4S2/c1-10-4-5-13(24-10)25(22,23)18-8-6-11(9-18)19-15(20)12-3-2-7-17-14(12)16(19)21/h2-5,7,11H,6,8-9H2,1H3. The Morgan fingerprint density at radius 2 is 2.00 bits per heavy atom. The molecule has 0 bridgehead atoms. The van der Waals surface area contributed by atoms with Crippen LogP contribution in [-0.4, -0.2) is 53.6 Å². The average molecular weight is 377 g/mol. The number of aryl methyl sites for hydroxylation is 1. The number of carbonyl (C=O) groups excluding carboxylic acids is 2. The van der Waals surface area contributed by atoms with Crippen molar-refractivity contribution in [2.24, 2.45) is 0 Å². The van der Waals surface area contributed by atoms with Crippen molar-refractivity contribution in [2.75, 3.05) is 13.1 Å². The Morgan fingerprint density at radius 1 is 1.20 bits per heavy atom. The van der Waals surface area contributed by atoms with Crippen LogP contribution in [0.5, 0.6) is 0 Å². The molecule has 2 aromatic rings. The molecular weight excluding hydrogens is 362 g/mol. The summed E-state index contributed by atoms with van der Waals surface area (Å²) in [6, 6.07) is 6.07. The lowest BCUT2D eigenvalue weighted by atomic mass is 10.2. The molecule has 2 aliphatic rings. The minimum Gasteiger partial charge on any atom is -0.268 e. The SMILES string of the molecule is Cc1ccc(S(=O)(=O)N2CCC(N3C(=O)c4cccnc4C3=O)C2)s1. The van der Waals surface area contributed by atoms with Gasteiger partial charge in [0.2, 0.25) is 0 Å². The summed E-state index contributed by atoms with van der Waals surface area (Å²) in [7, 11) is -3.60. The summed E-state index contributed by atoms with van der Waals surface area (Å²) in [5.41, 5.74) is 0.422. The third kappa shape index (κ3) is 2.50. The first-order valence-electron chi connectivity index (χ1n) is 7.79. The molecule has 1 saturated heterocycles. The molecule has 4 rings (SSSR count). The van der Waals surface area contributed by atoms with Crippen molar-refractivity contribution < 1.29 is 18.0 Å². The second-order valence-corrected chi connectivity index (χ2v) is 9.50. The van der Waals surface area contributed by atoms with Crippen molar-refractivity contribution in [3.63, 3.8) is 0 Å². The van der Waals surface area contributed by atoms with Gasteiger partial charge in [-0.15, -0.1) is 11.3 Å². The van der Waals surface area contributed by atoms with Gasteiger partial charge in [-0.25, -0.2) is 8.42 Å². The highest BCUT2D eigenvalue weighted by Crippen LogP contribution is 2.31. The summed E-state index contributed by atoms with van der Waals surface area (Å²) < 4.78 is 27.1. The van der Waals surface area contributed by atoms with Crippen LogP contribution in [0, 0.1) is 6.92 Å². The Balaban J connectivity index is 1.58. The summed E-state index contributed by atoms with van der Waals surface area (Å²) in [6.07, 6.45) is 1.90. The van der Waals surface area contributed by atoms with Gasteiger partial charge in [0.05, 0.1) is 11.6 Å². The molecule has 7 nitrogen and oxygen atoms in total. The first-order valence-corrected chi connectivity index (χ1v) is 10.0. The quantitative estimate of drug-likeness (QED) is 0.757. The number of nitrogens with zero attached hydrogens (tertiary/aromatic N) is 3. The summed E-state index contributed by atoms with van der Waals surface area (Å²) in [4.78, 5) is 31.1. The first-order chi connectivity index (χ1) is 11.9. The number of amides is 2. The van der Waals surface area contributed by atoms with E-state index < -0.39 is 27.9 Å². The van der Waals surface area contributed by atoms with Crippen molar-refractivity contribution in [1.29, 1.82) is 0 Å². The lowest BCUT2D eigenvalue weighted by Gasteiger charge is -2.22.